The van der Waals surface area contributed by atoms with Crippen molar-refractivity contribution in [2.75, 3.05) is 5.75 Å². The number of amides is 1. The molecule has 3 nitrogen and oxygen atoms in total. The number of benzene rings is 2. The topological polar surface area (TPSA) is 60.2 Å². The Morgan fingerprint density at radius 3 is 2.40 bits per heavy atom. The van der Waals surface area contributed by atoms with Crippen molar-refractivity contribution in [3.05, 3.63) is 59.9 Å². The number of halogens is 1. The van der Waals surface area contributed by atoms with E-state index in [-0.39, 0.29) is 17.3 Å². The van der Waals surface area contributed by atoms with Gasteiger partial charge in [-0.3, -0.25) is 9.00 Å². The van der Waals surface area contributed by atoms with Crippen molar-refractivity contribution in [1.82, 2.24) is 0 Å². The smallest absolute Gasteiger partial charge is 0.230 e. The number of rotatable bonds is 5. The van der Waals surface area contributed by atoms with Gasteiger partial charge in [-0.25, -0.2) is 4.39 Å². The maximum Gasteiger partial charge on any atom is 0.230 e. The van der Waals surface area contributed by atoms with Crippen molar-refractivity contribution < 1.29 is 13.4 Å². The normalized spacial score (nSPS) is 12.1. The zero-order chi connectivity index (χ0) is 14.5. The average molecular weight is 291 g/mol. The van der Waals surface area contributed by atoms with Crippen LogP contribution in [0.3, 0.4) is 0 Å². The lowest BCUT2D eigenvalue weighted by Crippen LogP contribution is -2.20. The van der Waals surface area contributed by atoms with E-state index in [4.69, 9.17) is 5.73 Å². The van der Waals surface area contributed by atoms with Gasteiger partial charge in [0.2, 0.25) is 5.91 Å². The molecule has 0 saturated carbocycles. The molecule has 0 aromatic heterocycles. The van der Waals surface area contributed by atoms with Crippen molar-refractivity contribution in [3.8, 4) is 11.1 Å². The Balaban J connectivity index is 2.28. The fourth-order valence-corrected chi connectivity index (χ4v) is 2.96. The summed E-state index contributed by atoms with van der Waals surface area (Å²) < 4.78 is 24.8. The Bertz CT molecular complexity index is 641. The Morgan fingerprint density at radius 1 is 1.10 bits per heavy atom. The molecule has 2 aromatic rings. The molecule has 2 aromatic carbocycles. The van der Waals surface area contributed by atoms with Crippen LogP contribution in [0.2, 0.25) is 0 Å². The van der Waals surface area contributed by atoms with Crippen molar-refractivity contribution in [2.45, 2.75) is 5.75 Å². The molecule has 0 aliphatic rings. The van der Waals surface area contributed by atoms with Crippen LogP contribution in [0.1, 0.15) is 5.56 Å². The molecular weight excluding hydrogens is 277 g/mol. The SMILES string of the molecule is NC(=O)C[S@@](=O)Cc1ccccc1-c1ccc(F)cc1. The Hall–Kier alpha value is -2.01. The van der Waals surface area contributed by atoms with Gasteiger partial charge < -0.3 is 5.73 Å². The summed E-state index contributed by atoms with van der Waals surface area (Å²) in [5, 5.41) is 0. The summed E-state index contributed by atoms with van der Waals surface area (Å²) in [6, 6.07) is 13.5. The van der Waals surface area contributed by atoms with E-state index in [0.29, 0.717) is 0 Å². The number of carbonyl (C=O) groups is 1. The van der Waals surface area contributed by atoms with Gasteiger partial charge in [0.1, 0.15) is 11.6 Å². The summed E-state index contributed by atoms with van der Waals surface area (Å²) in [6.45, 7) is 0. The molecule has 20 heavy (non-hydrogen) atoms. The van der Waals surface area contributed by atoms with Gasteiger partial charge in [0, 0.05) is 16.6 Å². The van der Waals surface area contributed by atoms with Crippen LogP contribution in [0.25, 0.3) is 11.1 Å². The second-order valence-electron chi connectivity index (χ2n) is 4.36. The number of nitrogens with two attached hydrogens (primary N) is 1. The van der Waals surface area contributed by atoms with Gasteiger partial charge in [-0.1, -0.05) is 36.4 Å². The molecule has 0 fully saturated rings. The lowest BCUT2D eigenvalue weighted by atomic mass is 10.0. The van der Waals surface area contributed by atoms with E-state index < -0.39 is 16.7 Å². The summed E-state index contributed by atoms with van der Waals surface area (Å²) in [6.07, 6.45) is 0. The lowest BCUT2D eigenvalue weighted by molar-refractivity contribution is -0.115. The van der Waals surface area contributed by atoms with E-state index in [2.05, 4.69) is 0 Å². The number of hydrogen-bond donors (Lipinski definition) is 1. The molecule has 0 heterocycles. The molecule has 0 spiro atoms. The molecule has 1 amide bonds. The first-order valence-electron chi connectivity index (χ1n) is 6.03. The summed E-state index contributed by atoms with van der Waals surface area (Å²) in [5.74, 6) is -0.792. The predicted molar refractivity (Wildman–Crippen MR) is 77.7 cm³/mol. The number of hydrogen-bond acceptors (Lipinski definition) is 2. The van der Waals surface area contributed by atoms with Crippen LogP contribution >= 0.6 is 0 Å². The molecule has 104 valence electrons. The monoisotopic (exact) mass is 291 g/mol. The molecule has 0 bridgehead atoms. The maximum atomic E-state index is 13.0. The Morgan fingerprint density at radius 2 is 1.75 bits per heavy atom. The molecule has 0 radical (unpaired) electrons. The first-order chi connectivity index (χ1) is 9.56. The van der Waals surface area contributed by atoms with E-state index in [1.54, 1.807) is 12.1 Å². The molecule has 2 rings (SSSR count). The Kier molecular flexibility index (Phi) is 4.63. The first kappa shape index (κ1) is 14.4. The van der Waals surface area contributed by atoms with E-state index in [1.165, 1.54) is 12.1 Å². The van der Waals surface area contributed by atoms with Crippen LogP contribution < -0.4 is 5.73 Å². The largest absolute Gasteiger partial charge is 0.369 e. The molecular formula is C15H14FNO2S. The van der Waals surface area contributed by atoms with Gasteiger partial charge in [0.15, 0.2) is 0 Å². The second kappa shape index (κ2) is 6.43. The summed E-state index contributed by atoms with van der Waals surface area (Å²) >= 11 is 0. The molecule has 5 heteroatoms. The molecule has 0 aliphatic carbocycles. The molecule has 0 aliphatic heterocycles. The molecule has 0 saturated heterocycles. The first-order valence-corrected chi connectivity index (χ1v) is 7.52. The third kappa shape index (κ3) is 3.74. The number of carbonyl (C=O) groups excluding carboxylic acids is 1. The fourth-order valence-electron chi connectivity index (χ4n) is 1.94. The van der Waals surface area contributed by atoms with E-state index in [1.807, 2.05) is 24.3 Å². The van der Waals surface area contributed by atoms with Crippen molar-refractivity contribution in [2.24, 2.45) is 5.73 Å². The number of primary amides is 1. The second-order valence-corrected chi connectivity index (χ2v) is 5.82. The van der Waals surface area contributed by atoms with Crippen LogP contribution in [-0.2, 0) is 21.3 Å². The zero-order valence-electron chi connectivity index (χ0n) is 10.7. The Labute approximate surface area is 119 Å². The van der Waals surface area contributed by atoms with E-state index in [9.17, 15) is 13.4 Å². The zero-order valence-corrected chi connectivity index (χ0v) is 11.5. The van der Waals surface area contributed by atoms with E-state index >= 15 is 0 Å². The van der Waals surface area contributed by atoms with E-state index in [0.717, 1.165) is 16.7 Å². The summed E-state index contributed by atoms with van der Waals surface area (Å²) in [5.41, 5.74) is 7.61. The molecule has 2 N–H and O–H groups in total. The van der Waals surface area contributed by atoms with Crippen LogP contribution in [0.5, 0.6) is 0 Å². The van der Waals surface area contributed by atoms with Crippen LogP contribution in [0, 0.1) is 5.82 Å². The van der Waals surface area contributed by atoms with Crippen LogP contribution in [0.15, 0.2) is 48.5 Å². The minimum Gasteiger partial charge on any atom is -0.369 e. The predicted octanol–water partition coefficient (Wildman–Crippen LogP) is 2.23. The highest BCUT2D eigenvalue weighted by molar-refractivity contribution is 7.84. The lowest BCUT2D eigenvalue weighted by Gasteiger charge is -2.09. The third-order valence-electron chi connectivity index (χ3n) is 2.79. The maximum absolute atomic E-state index is 13.0. The van der Waals surface area contributed by atoms with Gasteiger partial charge in [0.25, 0.3) is 0 Å². The third-order valence-corrected chi connectivity index (χ3v) is 4.03. The van der Waals surface area contributed by atoms with Crippen LogP contribution in [0.4, 0.5) is 4.39 Å². The van der Waals surface area contributed by atoms with Gasteiger partial charge in [-0.2, -0.15) is 0 Å². The van der Waals surface area contributed by atoms with Crippen molar-refractivity contribution >= 4 is 16.7 Å². The standard InChI is InChI=1S/C15H14FNO2S/c16-13-7-5-11(6-8-13)14-4-2-1-3-12(14)9-20(19)10-15(17)18/h1-8H,9-10H2,(H2,17,18)/t20-/m0/s1. The minimum absolute atomic E-state index is 0.155. The summed E-state index contributed by atoms with van der Waals surface area (Å²) in [7, 11) is -1.34. The highest BCUT2D eigenvalue weighted by Crippen LogP contribution is 2.24. The van der Waals surface area contributed by atoms with Crippen molar-refractivity contribution in [1.29, 1.82) is 0 Å². The van der Waals surface area contributed by atoms with Gasteiger partial charge in [0.05, 0.1) is 0 Å². The van der Waals surface area contributed by atoms with Crippen molar-refractivity contribution in [3.63, 3.8) is 0 Å². The highest BCUT2D eigenvalue weighted by Gasteiger charge is 2.10. The molecule has 1 atom stereocenters. The molecule has 0 unspecified atom stereocenters. The van der Waals surface area contributed by atoms with Gasteiger partial charge in [-0.15, -0.1) is 0 Å². The average Bonchev–Trinajstić information content (AvgIpc) is 2.39. The minimum atomic E-state index is -1.34. The quantitative estimate of drug-likeness (QED) is 0.918. The highest BCUT2D eigenvalue weighted by atomic mass is 32.2. The summed E-state index contributed by atoms with van der Waals surface area (Å²) in [4.78, 5) is 10.8. The fraction of sp³-hybridized carbons (Fsp3) is 0.133. The van der Waals surface area contributed by atoms with Gasteiger partial charge in [-0.05, 0) is 28.8 Å². The van der Waals surface area contributed by atoms with Gasteiger partial charge >= 0.3 is 0 Å². The van der Waals surface area contributed by atoms with Crippen LogP contribution in [-0.4, -0.2) is 15.9 Å².